The summed E-state index contributed by atoms with van der Waals surface area (Å²) in [5.74, 6) is 1.80. The highest BCUT2D eigenvalue weighted by molar-refractivity contribution is 5.49. The van der Waals surface area contributed by atoms with Crippen LogP contribution in [0.25, 0.3) is 0 Å². The van der Waals surface area contributed by atoms with Crippen molar-refractivity contribution < 1.29 is 31.1 Å². The van der Waals surface area contributed by atoms with E-state index in [0.717, 1.165) is 35.8 Å². The Hall–Kier alpha value is -5.30. The number of hydrogen-bond acceptors (Lipinski definition) is 1. The molecule has 0 aliphatic rings. The van der Waals surface area contributed by atoms with E-state index in [1.807, 2.05) is 12.1 Å². The summed E-state index contributed by atoms with van der Waals surface area (Å²) in [6.45, 7) is 28.0. The molecular weight excluding hydrogens is 779 g/mol. The molecule has 0 atom stereocenters. The van der Waals surface area contributed by atoms with Gasteiger partial charge in [0.2, 0.25) is 5.41 Å². The standard InChI is InChI=1S/C19H18F6.C19H24.C16H18O/c1-11-5-7-15(9-13(11)3)17(18(20,21)22,19(23,24)25)16-8-6-12(2)14(4)10-16;1-13-7-9-17(11-15(13)3)19(5,6)18-10-8-14(2)16(4)12-18;1-11-5-7-15(9-13(11)3)17-16-8-6-12(2)14(4)10-16/h5-10H,1-4H3;7-12H,1-6H3;5-10H,1-4H3. The molecule has 0 radical (unpaired) electrons. The maximum absolute atomic E-state index is 14.0. The van der Waals surface area contributed by atoms with Crippen molar-refractivity contribution >= 4 is 0 Å². The number of halogens is 6. The Kier molecular flexibility index (Phi) is 14.9. The second-order valence-corrected chi connectivity index (χ2v) is 17.2. The van der Waals surface area contributed by atoms with Crippen LogP contribution in [0.4, 0.5) is 26.3 Å². The number of alkyl halides is 6. The highest BCUT2D eigenvalue weighted by Gasteiger charge is 2.72. The van der Waals surface area contributed by atoms with Crippen LogP contribution in [0.5, 0.6) is 11.5 Å². The van der Waals surface area contributed by atoms with Gasteiger partial charge in [0, 0.05) is 5.41 Å². The molecule has 0 spiro atoms. The van der Waals surface area contributed by atoms with Gasteiger partial charge in [-0.15, -0.1) is 0 Å². The normalized spacial score (nSPS) is 11.9. The van der Waals surface area contributed by atoms with Gasteiger partial charge in [-0.1, -0.05) is 98.8 Å². The second-order valence-electron chi connectivity index (χ2n) is 17.2. The molecule has 0 aliphatic heterocycles. The zero-order chi connectivity index (χ0) is 45.8. The number of hydrogen-bond donors (Lipinski definition) is 0. The third-order valence-corrected chi connectivity index (χ3v) is 12.4. The lowest BCUT2D eigenvalue weighted by Gasteiger charge is -2.38. The van der Waals surface area contributed by atoms with Crippen molar-refractivity contribution in [1.29, 1.82) is 0 Å². The van der Waals surface area contributed by atoms with E-state index in [1.54, 1.807) is 13.8 Å². The molecule has 0 fully saturated rings. The molecule has 0 aromatic heterocycles. The molecule has 61 heavy (non-hydrogen) atoms. The van der Waals surface area contributed by atoms with E-state index in [2.05, 4.69) is 130 Å². The fraction of sp³-hybridized carbons (Fsp3) is 0.333. The summed E-state index contributed by atoms with van der Waals surface area (Å²) in [5, 5.41) is 0. The number of benzene rings is 6. The summed E-state index contributed by atoms with van der Waals surface area (Å²) >= 11 is 0. The molecule has 7 heteroatoms. The summed E-state index contributed by atoms with van der Waals surface area (Å²) in [4.78, 5) is 0. The van der Waals surface area contributed by atoms with Gasteiger partial charge in [0.25, 0.3) is 0 Å². The first kappa shape index (κ1) is 48.4. The molecule has 6 aromatic carbocycles. The second kappa shape index (κ2) is 18.8. The molecule has 0 saturated carbocycles. The minimum Gasteiger partial charge on any atom is -0.457 e. The quantitative estimate of drug-likeness (QED) is 0.152. The molecule has 0 unspecified atom stereocenters. The van der Waals surface area contributed by atoms with E-state index in [-0.39, 0.29) is 5.41 Å². The Morgan fingerprint density at radius 1 is 0.295 bits per heavy atom. The predicted molar refractivity (Wildman–Crippen MR) is 241 cm³/mol. The summed E-state index contributed by atoms with van der Waals surface area (Å²) in [5.41, 5.74) is 9.67. The van der Waals surface area contributed by atoms with E-state index in [0.29, 0.717) is 22.3 Å². The number of aryl methyl sites for hydroxylation is 12. The van der Waals surface area contributed by atoms with Crippen LogP contribution in [-0.4, -0.2) is 12.4 Å². The molecule has 0 saturated heterocycles. The lowest BCUT2D eigenvalue weighted by Crippen LogP contribution is -2.54. The highest BCUT2D eigenvalue weighted by Crippen LogP contribution is 2.56. The van der Waals surface area contributed by atoms with E-state index in [4.69, 9.17) is 4.74 Å². The summed E-state index contributed by atoms with van der Waals surface area (Å²) in [6.07, 6.45) is -11.1. The van der Waals surface area contributed by atoms with E-state index in [1.165, 1.54) is 81.6 Å². The van der Waals surface area contributed by atoms with Crippen molar-refractivity contribution in [3.05, 3.63) is 198 Å². The molecule has 0 N–H and O–H groups in total. The van der Waals surface area contributed by atoms with E-state index < -0.39 is 28.9 Å². The molecule has 1 nitrogen and oxygen atoms in total. The van der Waals surface area contributed by atoms with Crippen LogP contribution in [0.3, 0.4) is 0 Å². The Labute approximate surface area is 359 Å². The lowest BCUT2D eigenvalue weighted by atomic mass is 9.71. The molecule has 0 bridgehead atoms. The van der Waals surface area contributed by atoms with Gasteiger partial charge < -0.3 is 4.74 Å². The summed E-state index contributed by atoms with van der Waals surface area (Å²) in [7, 11) is 0. The molecule has 6 aromatic rings. The molecule has 0 aliphatic carbocycles. The smallest absolute Gasteiger partial charge is 0.411 e. The van der Waals surface area contributed by atoms with Gasteiger partial charge in [0.1, 0.15) is 11.5 Å². The Balaban J connectivity index is 0.000000206. The Morgan fingerprint density at radius 2 is 0.525 bits per heavy atom. The molecular formula is C54H60F6O. The van der Waals surface area contributed by atoms with Crippen LogP contribution < -0.4 is 4.74 Å². The fourth-order valence-electron chi connectivity index (χ4n) is 7.05. The van der Waals surface area contributed by atoms with Gasteiger partial charge in [-0.25, -0.2) is 0 Å². The number of ether oxygens (including phenoxy) is 1. The van der Waals surface area contributed by atoms with Crippen LogP contribution >= 0.6 is 0 Å². The largest absolute Gasteiger partial charge is 0.457 e. The minimum atomic E-state index is -5.55. The molecule has 0 amide bonds. The van der Waals surface area contributed by atoms with Gasteiger partial charge in [0.05, 0.1) is 0 Å². The van der Waals surface area contributed by atoms with Crippen LogP contribution in [0, 0.1) is 83.1 Å². The van der Waals surface area contributed by atoms with Crippen molar-refractivity contribution in [3.63, 3.8) is 0 Å². The maximum Gasteiger partial charge on any atom is 0.411 e. The van der Waals surface area contributed by atoms with Crippen molar-refractivity contribution in [2.45, 2.75) is 120 Å². The van der Waals surface area contributed by atoms with Crippen molar-refractivity contribution in [3.8, 4) is 11.5 Å². The van der Waals surface area contributed by atoms with Gasteiger partial charge in [-0.2, -0.15) is 26.3 Å². The number of rotatable bonds is 6. The average Bonchev–Trinajstić information content (AvgIpc) is 3.16. The third-order valence-electron chi connectivity index (χ3n) is 12.4. The minimum absolute atomic E-state index is 0.0525. The van der Waals surface area contributed by atoms with Crippen molar-refractivity contribution in [2.24, 2.45) is 0 Å². The van der Waals surface area contributed by atoms with Gasteiger partial charge >= 0.3 is 12.4 Å². The monoisotopic (exact) mass is 838 g/mol. The summed E-state index contributed by atoms with van der Waals surface area (Å²) < 4.78 is 89.8. The van der Waals surface area contributed by atoms with E-state index in [9.17, 15) is 26.3 Å². The topological polar surface area (TPSA) is 9.23 Å². The molecule has 324 valence electrons. The first-order valence-electron chi connectivity index (χ1n) is 20.5. The zero-order valence-corrected chi connectivity index (χ0v) is 38.1. The SMILES string of the molecule is Cc1ccc(C(C)(C)c2ccc(C)c(C)c2)cc1C.Cc1ccc(C(c2ccc(C)c(C)c2)(C(F)(F)F)C(F)(F)F)cc1C.Cc1ccc(Oc2ccc(C)c(C)c2)cc1C. The highest BCUT2D eigenvalue weighted by atomic mass is 19.4. The van der Waals surface area contributed by atoms with Crippen LogP contribution in [0.15, 0.2) is 109 Å². The first-order chi connectivity index (χ1) is 28.2. The lowest BCUT2D eigenvalue weighted by molar-refractivity contribution is -0.288. The molecule has 0 heterocycles. The first-order valence-corrected chi connectivity index (χ1v) is 20.5. The Morgan fingerprint density at radius 3 is 0.770 bits per heavy atom. The van der Waals surface area contributed by atoms with Crippen LogP contribution in [-0.2, 0) is 10.8 Å². The van der Waals surface area contributed by atoms with Crippen molar-refractivity contribution in [2.75, 3.05) is 0 Å². The fourth-order valence-corrected chi connectivity index (χ4v) is 7.05. The van der Waals surface area contributed by atoms with Crippen LogP contribution in [0.2, 0.25) is 0 Å². The predicted octanol–water partition coefficient (Wildman–Crippen LogP) is 16.3. The van der Waals surface area contributed by atoms with Crippen LogP contribution in [0.1, 0.15) is 103 Å². The van der Waals surface area contributed by atoms with E-state index >= 15 is 0 Å². The zero-order valence-electron chi connectivity index (χ0n) is 38.1. The molecule has 6 rings (SSSR count). The summed E-state index contributed by atoms with van der Waals surface area (Å²) in [6, 6.07) is 32.3. The third kappa shape index (κ3) is 10.8. The van der Waals surface area contributed by atoms with Crippen molar-refractivity contribution in [1.82, 2.24) is 0 Å². The van der Waals surface area contributed by atoms with Gasteiger partial charge in [-0.3, -0.25) is 0 Å². The van der Waals surface area contributed by atoms with Gasteiger partial charge in [0.15, 0.2) is 0 Å². The average molecular weight is 839 g/mol. The maximum atomic E-state index is 14.0. The Bertz CT molecular complexity index is 2310. The van der Waals surface area contributed by atoms with Gasteiger partial charge in [-0.05, 0) is 196 Å².